The summed E-state index contributed by atoms with van der Waals surface area (Å²) in [6, 6.07) is 13.2. The summed E-state index contributed by atoms with van der Waals surface area (Å²) in [6.07, 6.45) is -4.22. The summed E-state index contributed by atoms with van der Waals surface area (Å²) in [5, 5.41) is 31.4. The van der Waals surface area contributed by atoms with Crippen LogP contribution >= 0.6 is 35.0 Å². The fourth-order valence-corrected chi connectivity index (χ4v) is 4.54. The number of fused-ring (bicyclic) bond motifs is 1. The molecule has 0 aliphatic carbocycles. The van der Waals surface area contributed by atoms with E-state index in [9.17, 15) is 15.3 Å². The Balaban J connectivity index is 1.76. The molecule has 3 aromatic rings. The van der Waals surface area contributed by atoms with Gasteiger partial charge in [0, 0.05) is 5.75 Å². The Morgan fingerprint density at radius 3 is 2.46 bits per heavy atom. The lowest BCUT2D eigenvalue weighted by Crippen LogP contribution is -2.33. The number of ether oxygens (including phenoxy) is 1. The van der Waals surface area contributed by atoms with E-state index in [2.05, 4.69) is 4.98 Å². The quantitative estimate of drug-likeness (QED) is 0.527. The number of aromatic nitrogens is 2. The van der Waals surface area contributed by atoms with Gasteiger partial charge in [0.05, 0.1) is 27.7 Å². The number of halogens is 2. The molecule has 28 heavy (non-hydrogen) atoms. The van der Waals surface area contributed by atoms with Crippen molar-refractivity contribution in [2.45, 2.75) is 35.4 Å². The maximum atomic E-state index is 10.5. The zero-order chi connectivity index (χ0) is 19.8. The second-order valence-electron chi connectivity index (χ2n) is 6.52. The van der Waals surface area contributed by atoms with Gasteiger partial charge in [-0.15, -0.1) is 0 Å². The Labute approximate surface area is 175 Å². The van der Waals surface area contributed by atoms with E-state index in [1.54, 1.807) is 16.7 Å². The number of hydrogen-bond acceptors (Lipinski definition) is 6. The van der Waals surface area contributed by atoms with Gasteiger partial charge in [-0.1, -0.05) is 65.3 Å². The molecule has 9 heteroatoms. The molecule has 1 aliphatic rings. The molecule has 3 N–H and O–H groups in total. The highest BCUT2D eigenvalue weighted by Gasteiger charge is 2.44. The maximum absolute atomic E-state index is 10.5. The standard InChI is InChI=1S/C19H18Cl2N2O4S/c20-11-6-13-14(7-12(11)21)23(18-17(26)16(25)15(8-24)27-18)19(22-13)28-9-10-4-2-1-3-5-10/h1-7,15-18,24-26H,8-9H2/t15-,16+,17+,18?/m1/s1. The van der Waals surface area contributed by atoms with Gasteiger partial charge in [0.2, 0.25) is 0 Å². The van der Waals surface area contributed by atoms with Gasteiger partial charge in [-0.05, 0) is 17.7 Å². The van der Waals surface area contributed by atoms with Gasteiger partial charge in [0.25, 0.3) is 0 Å². The molecular weight excluding hydrogens is 423 g/mol. The first-order chi connectivity index (χ1) is 13.5. The second-order valence-corrected chi connectivity index (χ2v) is 8.28. The smallest absolute Gasteiger partial charge is 0.171 e. The number of rotatable bonds is 5. The Kier molecular flexibility index (Phi) is 5.85. The van der Waals surface area contributed by atoms with E-state index < -0.39 is 31.1 Å². The fraction of sp³-hybridized carbons (Fsp3) is 0.316. The summed E-state index contributed by atoms with van der Waals surface area (Å²) in [5.74, 6) is 0.653. The van der Waals surface area contributed by atoms with Crippen molar-refractivity contribution in [2.75, 3.05) is 6.61 Å². The molecule has 6 nitrogen and oxygen atoms in total. The summed E-state index contributed by atoms with van der Waals surface area (Å²) in [4.78, 5) is 4.63. The van der Waals surface area contributed by atoms with Gasteiger partial charge >= 0.3 is 0 Å². The lowest BCUT2D eigenvalue weighted by molar-refractivity contribution is -0.0546. The molecule has 0 amide bonds. The Morgan fingerprint density at radius 1 is 1.07 bits per heavy atom. The zero-order valence-electron chi connectivity index (χ0n) is 14.6. The van der Waals surface area contributed by atoms with Crippen LogP contribution in [0, 0.1) is 0 Å². The number of hydrogen-bond donors (Lipinski definition) is 3. The van der Waals surface area contributed by atoms with E-state index in [-0.39, 0.29) is 0 Å². The van der Waals surface area contributed by atoms with Crippen LogP contribution < -0.4 is 0 Å². The lowest BCUT2D eigenvalue weighted by Gasteiger charge is -2.20. The van der Waals surface area contributed by atoms with Crippen molar-refractivity contribution in [3.63, 3.8) is 0 Å². The molecule has 0 spiro atoms. The fourth-order valence-electron chi connectivity index (χ4n) is 3.23. The van der Waals surface area contributed by atoms with Crippen molar-refractivity contribution < 1.29 is 20.1 Å². The lowest BCUT2D eigenvalue weighted by atomic mass is 10.1. The molecule has 4 rings (SSSR count). The molecule has 1 aromatic heterocycles. The molecule has 1 aliphatic heterocycles. The first kappa shape index (κ1) is 20.0. The molecule has 1 unspecified atom stereocenters. The van der Waals surface area contributed by atoms with Crippen LogP contribution in [-0.4, -0.2) is 49.8 Å². The highest BCUT2D eigenvalue weighted by atomic mass is 35.5. The van der Waals surface area contributed by atoms with Crippen molar-refractivity contribution in [1.82, 2.24) is 9.55 Å². The van der Waals surface area contributed by atoms with Gasteiger partial charge in [-0.2, -0.15) is 0 Å². The van der Waals surface area contributed by atoms with E-state index in [1.807, 2.05) is 30.3 Å². The molecule has 2 heterocycles. The third-order valence-electron chi connectivity index (χ3n) is 4.68. The number of aliphatic hydroxyl groups is 3. The maximum Gasteiger partial charge on any atom is 0.171 e. The Hall–Kier alpha value is -1.32. The minimum absolute atomic E-state index is 0.349. The molecule has 0 bridgehead atoms. The minimum Gasteiger partial charge on any atom is -0.394 e. The van der Waals surface area contributed by atoms with E-state index >= 15 is 0 Å². The highest BCUT2D eigenvalue weighted by molar-refractivity contribution is 7.98. The first-order valence-electron chi connectivity index (χ1n) is 8.65. The van der Waals surface area contributed by atoms with Crippen molar-refractivity contribution in [3.05, 3.63) is 58.1 Å². The molecule has 0 saturated carbocycles. The van der Waals surface area contributed by atoms with E-state index in [0.29, 0.717) is 32.0 Å². The average Bonchev–Trinajstić information content (AvgIpc) is 3.18. The van der Waals surface area contributed by atoms with Gasteiger partial charge in [0.1, 0.15) is 18.3 Å². The van der Waals surface area contributed by atoms with E-state index in [1.165, 1.54) is 11.8 Å². The van der Waals surface area contributed by atoms with Crippen LogP contribution in [0.1, 0.15) is 11.8 Å². The number of imidazole rings is 1. The summed E-state index contributed by atoms with van der Waals surface area (Å²) in [7, 11) is 0. The topological polar surface area (TPSA) is 87.7 Å². The molecule has 1 fully saturated rings. The molecule has 1 saturated heterocycles. The van der Waals surface area contributed by atoms with Gasteiger partial charge in [0.15, 0.2) is 11.4 Å². The molecule has 4 atom stereocenters. The molecule has 2 aromatic carbocycles. The van der Waals surface area contributed by atoms with Crippen LogP contribution in [-0.2, 0) is 10.5 Å². The van der Waals surface area contributed by atoms with Gasteiger partial charge < -0.3 is 20.1 Å². The predicted molar refractivity (Wildman–Crippen MR) is 109 cm³/mol. The normalized spacial score (nSPS) is 24.9. The SMILES string of the molecule is OC[C@H]1OC(n2c(SCc3ccccc3)nc3cc(Cl)c(Cl)cc32)[C@@H](O)[C@H]1O. The Bertz CT molecular complexity index is 985. The van der Waals surface area contributed by atoms with E-state index in [4.69, 9.17) is 27.9 Å². The summed E-state index contributed by atoms with van der Waals surface area (Å²) >= 11 is 13.8. The van der Waals surface area contributed by atoms with Crippen molar-refractivity contribution in [1.29, 1.82) is 0 Å². The summed E-state index contributed by atoms with van der Waals surface area (Å²) < 4.78 is 7.44. The molecule has 0 radical (unpaired) electrons. The number of nitrogens with zero attached hydrogens (tertiary/aromatic N) is 2. The van der Waals surface area contributed by atoms with Crippen LogP contribution in [0.2, 0.25) is 10.0 Å². The van der Waals surface area contributed by atoms with E-state index in [0.717, 1.165) is 5.56 Å². The van der Waals surface area contributed by atoms with Crippen LogP contribution in [0.3, 0.4) is 0 Å². The van der Waals surface area contributed by atoms with Crippen LogP contribution in [0.25, 0.3) is 11.0 Å². The van der Waals surface area contributed by atoms with Crippen LogP contribution in [0.4, 0.5) is 0 Å². The summed E-state index contributed by atoms with van der Waals surface area (Å²) in [6.45, 7) is -0.402. The highest BCUT2D eigenvalue weighted by Crippen LogP contribution is 2.39. The van der Waals surface area contributed by atoms with Crippen molar-refractivity contribution in [2.24, 2.45) is 0 Å². The van der Waals surface area contributed by atoms with Crippen LogP contribution in [0.15, 0.2) is 47.6 Å². The van der Waals surface area contributed by atoms with Crippen LogP contribution in [0.5, 0.6) is 0 Å². The second kappa shape index (κ2) is 8.20. The van der Waals surface area contributed by atoms with Gasteiger partial charge in [-0.3, -0.25) is 4.57 Å². The largest absolute Gasteiger partial charge is 0.394 e. The number of benzene rings is 2. The average molecular weight is 441 g/mol. The summed E-state index contributed by atoms with van der Waals surface area (Å²) in [5.41, 5.74) is 2.34. The predicted octanol–water partition coefficient (Wildman–Crippen LogP) is 3.25. The third-order valence-corrected chi connectivity index (χ3v) is 6.43. The number of aliphatic hydroxyl groups excluding tert-OH is 3. The number of thioether (sulfide) groups is 1. The van der Waals surface area contributed by atoms with Crippen molar-refractivity contribution in [3.8, 4) is 0 Å². The zero-order valence-corrected chi connectivity index (χ0v) is 16.9. The van der Waals surface area contributed by atoms with Crippen molar-refractivity contribution >= 4 is 46.0 Å². The molecular formula is C19H18Cl2N2O4S. The third kappa shape index (κ3) is 3.64. The van der Waals surface area contributed by atoms with Gasteiger partial charge in [-0.25, -0.2) is 4.98 Å². The molecule has 148 valence electrons. The Morgan fingerprint density at radius 2 is 1.79 bits per heavy atom. The monoisotopic (exact) mass is 440 g/mol. The minimum atomic E-state index is -1.22. The first-order valence-corrected chi connectivity index (χ1v) is 10.4.